The van der Waals surface area contributed by atoms with Crippen molar-refractivity contribution in [3.8, 4) is 0 Å². The molecule has 2 saturated heterocycles. The van der Waals surface area contributed by atoms with Gasteiger partial charge in [-0.05, 0) is 18.4 Å². The summed E-state index contributed by atoms with van der Waals surface area (Å²) in [5.74, 6) is -0.106. The van der Waals surface area contributed by atoms with E-state index in [4.69, 9.17) is 16.3 Å². The summed E-state index contributed by atoms with van der Waals surface area (Å²) in [4.78, 5) is 14.6. The molecule has 1 amide bonds. The van der Waals surface area contributed by atoms with Gasteiger partial charge in [0.2, 0.25) is 0 Å². The highest BCUT2D eigenvalue weighted by atomic mass is 35.5. The largest absolute Gasteiger partial charge is 0.393 e. The lowest BCUT2D eigenvalue weighted by Gasteiger charge is -2.48. The zero-order valence-corrected chi connectivity index (χ0v) is 16.1. The zero-order valence-electron chi connectivity index (χ0n) is 15.3. The number of rotatable bonds is 2. The molecule has 1 aromatic carbocycles. The molecule has 0 unspecified atom stereocenters. The number of aromatic nitrogens is 2. The van der Waals surface area contributed by atoms with Gasteiger partial charge < -0.3 is 14.7 Å². The van der Waals surface area contributed by atoms with Gasteiger partial charge in [-0.2, -0.15) is 5.10 Å². The number of likely N-dealkylation sites (tertiary alicyclic amines) is 1. The van der Waals surface area contributed by atoms with Crippen LogP contribution in [0.2, 0.25) is 5.02 Å². The number of aliphatic hydroxyl groups excluding tert-OH is 1. The van der Waals surface area contributed by atoms with Crippen LogP contribution in [0.15, 0.2) is 36.5 Å². The standard InChI is InChI=1S/C20H24ClN3O3/c1-23-18(16(21)13-22-23)19(26)24-9-7-20(8-10-24)12-15(25)11-17(27-20)14-5-3-2-4-6-14/h2-6,13,15,17,25H,7-12H2,1H3/t15-,17-/m1/s1. The normalized spacial score (nSPS) is 24.9. The fraction of sp³-hybridized carbons (Fsp3) is 0.500. The first-order chi connectivity index (χ1) is 13.0. The van der Waals surface area contributed by atoms with Crippen molar-refractivity contribution in [2.75, 3.05) is 13.1 Å². The van der Waals surface area contributed by atoms with Gasteiger partial charge in [0.25, 0.3) is 5.91 Å². The van der Waals surface area contributed by atoms with Gasteiger partial charge in [-0.15, -0.1) is 0 Å². The Morgan fingerprint density at radius 2 is 2.00 bits per heavy atom. The summed E-state index contributed by atoms with van der Waals surface area (Å²) in [6, 6.07) is 10.0. The molecule has 27 heavy (non-hydrogen) atoms. The highest BCUT2D eigenvalue weighted by Gasteiger charge is 2.44. The van der Waals surface area contributed by atoms with Crippen LogP contribution in [-0.2, 0) is 11.8 Å². The minimum absolute atomic E-state index is 0.106. The summed E-state index contributed by atoms with van der Waals surface area (Å²) in [5, 5.41) is 14.9. The molecule has 1 aromatic heterocycles. The van der Waals surface area contributed by atoms with Crippen LogP contribution in [0.25, 0.3) is 0 Å². The molecule has 0 saturated carbocycles. The lowest BCUT2D eigenvalue weighted by Crippen LogP contribution is -2.52. The number of halogens is 1. The van der Waals surface area contributed by atoms with Crippen LogP contribution in [0.5, 0.6) is 0 Å². The Kier molecular flexibility index (Phi) is 4.97. The zero-order chi connectivity index (χ0) is 19.0. The molecule has 2 aliphatic heterocycles. The Morgan fingerprint density at radius 1 is 1.30 bits per heavy atom. The minimum Gasteiger partial charge on any atom is -0.393 e. The summed E-state index contributed by atoms with van der Waals surface area (Å²) in [5.41, 5.74) is 1.13. The van der Waals surface area contributed by atoms with Crippen LogP contribution in [0.4, 0.5) is 0 Å². The van der Waals surface area contributed by atoms with Gasteiger partial charge in [-0.1, -0.05) is 41.9 Å². The lowest BCUT2D eigenvalue weighted by molar-refractivity contribution is -0.181. The van der Waals surface area contributed by atoms with Crippen LogP contribution < -0.4 is 0 Å². The molecule has 2 aromatic rings. The van der Waals surface area contributed by atoms with E-state index < -0.39 is 6.10 Å². The number of carbonyl (C=O) groups is 1. The van der Waals surface area contributed by atoms with Crippen molar-refractivity contribution in [3.05, 3.63) is 52.8 Å². The van der Waals surface area contributed by atoms with E-state index in [1.54, 1.807) is 11.9 Å². The van der Waals surface area contributed by atoms with Gasteiger partial charge in [-0.3, -0.25) is 9.48 Å². The molecule has 4 rings (SSSR count). The molecule has 0 aliphatic carbocycles. The molecule has 2 atom stereocenters. The van der Waals surface area contributed by atoms with E-state index in [0.717, 1.165) is 5.56 Å². The molecule has 6 nitrogen and oxygen atoms in total. The van der Waals surface area contributed by atoms with Gasteiger partial charge >= 0.3 is 0 Å². The van der Waals surface area contributed by atoms with Gasteiger partial charge in [0.05, 0.1) is 29.0 Å². The van der Waals surface area contributed by atoms with Crippen molar-refractivity contribution in [2.45, 2.75) is 43.5 Å². The maximum atomic E-state index is 12.8. The third kappa shape index (κ3) is 3.61. The summed E-state index contributed by atoms with van der Waals surface area (Å²) in [6.07, 6.45) is 3.62. The first kappa shape index (κ1) is 18.5. The Labute approximate surface area is 163 Å². The number of ether oxygens (including phenoxy) is 1. The van der Waals surface area contributed by atoms with E-state index in [9.17, 15) is 9.90 Å². The van der Waals surface area contributed by atoms with Crippen LogP contribution in [0.1, 0.15) is 47.8 Å². The van der Waals surface area contributed by atoms with Crippen LogP contribution in [0, 0.1) is 0 Å². The fourth-order valence-electron chi connectivity index (χ4n) is 4.27. The number of hydrogen-bond donors (Lipinski definition) is 1. The topological polar surface area (TPSA) is 67.6 Å². The summed E-state index contributed by atoms with van der Waals surface area (Å²) in [6.45, 7) is 1.16. The Bertz CT molecular complexity index is 796. The molecule has 7 heteroatoms. The van der Waals surface area contributed by atoms with E-state index in [2.05, 4.69) is 5.10 Å². The summed E-state index contributed by atoms with van der Waals surface area (Å²) < 4.78 is 8.01. The molecule has 1 N–H and O–H groups in total. The number of carbonyl (C=O) groups excluding carboxylic acids is 1. The van der Waals surface area contributed by atoms with Gasteiger partial charge in [-0.25, -0.2) is 0 Å². The summed E-state index contributed by atoms with van der Waals surface area (Å²) in [7, 11) is 1.72. The van der Waals surface area contributed by atoms with Gasteiger partial charge in [0.15, 0.2) is 0 Å². The van der Waals surface area contributed by atoms with Crippen molar-refractivity contribution in [2.24, 2.45) is 7.05 Å². The maximum Gasteiger partial charge on any atom is 0.273 e. The highest BCUT2D eigenvalue weighted by molar-refractivity contribution is 6.33. The maximum absolute atomic E-state index is 12.8. The SMILES string of the molecule is Cn1ncc(Cl)c1C(=O)N1CCC2(CC1)C[C@H](O)C[C@H](c1ccccc1)O2. The van der Waals surface area contributed by atoms with E-state index in [-0.39, 0.29) is 17.6 Å². The van der Waals surface area contributed by atoms with Crippen LogP contribution in [0.3, 0.4) is 0 Å². The average molecular weight is 390 g/mol. The van der Waals surface area contributed by atoms with Crippen LogP contribution >= 0.6 is 11.6 Å². The predicted octanol–water partition coefficient (Wildman–Crippen LogP) is 2.96. The molecule has 144 valence electrons. The molecule has 3 heterocycles. The van der Waals surface area contributed by atoms with Crippen molar-refractivity contribution in [1.82, 2.24) is 14.7 Å². The summed E-state index contributed by atoms with van der Waals surface area (Å²) >= 11 is 6.12. The van der Waals surface area contributed by atoms with Gasteiger partial charge in [0.1, 0.15) is 5.69 Å². The number of nitrogens with zero attached hydrogens (tertiary/aromatic N) is 3. The lowest BCUT2D eigenvalue weighted by atomic mass is 9.81. The quantitative estimate of drug-likeness (QED) is 0.857. The molecular formula is C20H24ClN3O3. The van der Waals surface area contributed by atoms with E-state index in [1.807, 2.05) is 30.3 Å². The third-order valence-electron chi connectivity index (χ3n) is 5.72. The highest BCUT2D eigenvalue weighted by Crippen LogP contribution is 2.43. The molecule has 2 fully saturated rings. The number of aryl methyl sites for hydroxylation is 1. The fourth-order valence-corrected chi connectivity index (χ4v) is 4.52. The van der Waals surface area contributed by atoms with Crippen molar-refractivity contribution < 1.29 is 14.6 Å². The second-order valence-corrected chi connectivity index (χ2v) is 7.96. The van der Waals surface area contributed by atoms with Gasteiger partial charge in [0, 0.05) is 33.0 Å². The number of benzene rings is 1. The Morgan fingerprint density at radius 3 is 2.63 bits per heavy atom. The number of hydrogen-bond acceptors (Lipinski definition) is 4. The second kappa shape index (κ2) is 7.26. The Balaban J connectivity index is 1.46. The molecule has 0 radical (unpaired) electrons. The monoisotopic (exact) mass is 389 g/mol. The van der Waals surface area contributed by atoms with Crippen molar-refractivity contribution in [3.63, 3.8) is 0 Å². The van der Waals surface area contributed by atoms with Crippen molar-refractivity contribution in [1.29, 1.82) is 0 Å². The van der Waals surface area contributed by atoms with E-state index >= 15 is 0 Å². The minimum atomic E-state index is -0.391. The average Bonchev–Trinajstić information content (AvgIpc) is 3.00. The first-order valence-electron chi connectivity index (χ1n) is 9.35. The smallest absolute Gasteiger partial charge is 0.273 e. The third-order valence-corrected chi connectivity index (χ3v) is 5.99. The molecule has 2 aliphatic rings. The van der Waals surface area contributed by atoms with Crippen molar-refractivity contribution >= 4 is 17.5 Å². The molecule has 0 bridgehead atoms. The Hall–Kier alpha value is -1.89. The number of aliphatic hydroxyl groups is 1. The van der Waals surface area contributed by atoms with E-state index in [0.29, 0.717) is 49.5 Å². The van der Waals surface area contributed by atoms with Crippen LogP contribution in [-0.4, -0.2) is 50.5 Å². The molecule has 1 spiro atoms. The van der Waals surface area contributed by atoms with E-state index in [1.165, 1.54) is 10.9 Å². The second-order valence-electron chi connectivity index (χ2n) is 7.55. The first-order valence-corrected chi connectivity index (χ1v) is 9.73. The number of piperidine rings is 1. The number of amides is 1. The molecular weight excluding hydrogens is 366 g/mol. The predicted molar refractivity (Wildman–Crippen MR) is 102 cm³/mol.